The Labute approximate surface area is 138 Å². The van der Waals surface area contributed by atoms with Crippen molar-refractivity contribution in [2.45, 2.75) is 12.0 Å². The molecular weight excluding hydrogens is 304 g/mol. The molecular formula is C16H14N8. The first-order valence-electron chi connectivity index (χ1n) is 7.52. The minimum absolute atomic E-state index is 0.352. The minimum atomic E-state index is -0.352. The van der Waals surface area contributed by atoms with E-state index in [-0.39, 0.29) is 5.54 Å². The molecule has 0 aromatic carbocycles. The quantitative estimate of drug-likeness (QED) is 0.738. The number of nitrogens with zero attached hydrogens (tertiary/aromatic N) is 7. The van der Waals surface area contributed by atoms with Gasteiger partial charge in [0.2, 0.25) is 0 Å². The van der Waals surface area contributed by atoms with Crippen LogP contribution in [0.2, 0.25) is 0 Å². The molecule has 3 aromatic heterocycles. The lowest BCUT2D eigenvalue weighted by molar-refractivity contribution is 0.0140. The highest BCUT2D eigenvalue weighted by Gasteiger charge is 2.46. The van der Waals surface area contributed by atoms with Crippen molar-refractivity contribution < 1.29 is 0 Å². The molecule has 1 aliphatic rings. The van der Waals surface area contributed by atoms with E-state index in [0.717, 1.165) is 22.2 Å². The molecule has 8 nitrogen and oxygen atoms in total. The van der Waals surface area contributed by atoms with Gasteiger partial charge in [-0.2, -0.15) is 15.5 Å². The number of H-pyrrole nitrogens is 1. The fourth-order valence-corrected chi connectivity index (χ4v) is 3.30. The van der Waals surface area contributed by atoms with Gasteiger partial charge < -0.3 is 4.98 Å². The summed E-state index contributed by atoms with van der Waals surface area (Å²) in [6, 6.07) is 4.21. The Kier molecular flexibility index (Phi) is 3.26. The maximum absolute atomic E-state index is 9.19. The predicted octanol–water partition coefficient (Wildman–Crippen LogP) is 1.62. The summed E-state index contributed by atoms with van der Waals surface area (Å²) < 4.78 is 1.87. The largest absolute Gasteiger partial charge is 0.345 e. The van der Waals surface area contributed by atoms with Crippen LogP contribution in [0.25, 0.3) is 27.0 Å². The number of rotatable bonds is 4. The van der Waals surface area contributed by atoms with E-state index >= 15 is 0 Å². The van der Waals surface area contributed by atoms with Crippen LogP contribution in [0.15, 0.2) is 30.9 Å². The van der Waals surface area contributed by atoms with E-state index in [4.69, 9.17) is 6.57 Å². The zero-order chi connectivity index (χ0) is 16.6. The molecule has 1 aliphatic heterocycles. The minimum Gasteiger partial charge on any atom is -0.345 e. The number of nitrogens with one attached hydrogen (secondary N) is 1. The third-order valence-corrected chi connectivity index (χ3v) is 4.45. The standard InChI is InChI=1S/C16H14N8/c1-18-11-23-9-16(10-23,3-4-17)24-8-12(6-21-24)14-7-20-22-15-13(14)2-5-19-15/h2,5-8H,3,9-11H2,(H,19,22). The Balaban J connectivity index is 1.69. The van der Waals surface area contributed by atoms with Crippen LogP contribution in [-0.4, -0.2) is 49.6 Å². The third kappa shape index (κ3) is 2.13. The van der Waals surface area contributed by atoms with Crippen molar-refractivity contribution >= 4 is 11.0 Å². The fourth-order valence-electron chi connectivity index (χ4n) is 3.30. The van der Waals surface area contributed by atoms with Crippen molar-refractivity contribution in [2.24, 2.45) is 0 Å². The van der Waals surface area contributed by atoms with Crippen LogP contribution >= 0.6 is 0 Å². The van der Waals surface area contributed by atoms with Crippen LogP contribution in [0.4, 0.5) is 0 Å². The number of likely N-dealkylation sites (tertiary alicyclic amines) is 1. The van der Waals surface area contributed by atoms with Gasteiger partial charge >= 0.3 is 0 Å². The molecule has 0 amide bonds. The summed E-state index contributed by atoms with van der Waals surface area (Å²) in [7, 11) is 0. The summed E-state index contributed by atoms with van der Waals surface area (Å²) in [5.74, 6) is 0. The normalized spacial score (nSPS) is 16.4. The second-order valence-electron chi connectivity index (χ2n) is 6.02. The number of hydrogen-bond acceptors (Lipinski definition) is 5. The summed E-state index contributed by atoms with van der Waals surface area (Å²) >= 11 is 0. The Hall–Kier alpha value is -3.23. The number of aromatic nitrogens is 5. The van der Waals surface area contributed by atoms with E-state index in [0.29, 0.717) is 26.2 Å². The summed E-state index contributed by atoms with van der Waals surface area (Å²) in [4.78, 5) is 8.47. The van der Waals surface area contributed by atoms with Crippen LogP contribution in [-0.2, 0) is 5.54 Å². The lowest BCUT2D eigenvalue weighted by Crippen LogP contribution is -2.62. The number of nitriles is 1. The fraction of sp³-hybridized carbons (Fsp3) is 0.312. The van der Waals surface area contributed by atoms with E-state index in [1.165, 1.54) is 0 Å². The molecule has 4 heterocycles. The molecule has 0 radical (unpaired) electrons. The summed E-state index contributed by atoms with van der Waals surface area (Å²) in [5, 5.41) is 22.8. The Morgan fingerprint density at radius 2 is 2.29 bits per heavy atom. The first-order valence-corrected chi connectivity index (χ1v) is 7.52. The van der Waals surface area contributed by atoms with Gasteiger partial charge in [-0.05, 0) is 6.07 Å². The molecule has 1 saturated heterocycles. The van der Waals surface area contributed by atoms with Gasteiger partial charge in [0.25, 0.3) is 6.67 Å². The van der Waals surface area contributed by atoms with Crippen molar-refractivity contribution in [3.05, 3.63) is 42.3 Å². The van der Waals surface area contributed by atoms with Crippen LogP contribution in [0.3, 0.4) is 0 Å². The first-order chi connectivity index (χ1) is 11.8. The topological polar surface area (TPSA) is 90.8 Å². The van der Waals surface area contributed by atoms with E-state index in [1.807, 2.05) is 28.0 Å². The Bertz CT molecular complexity index is 964. The Morgan fingerprint density at radius 1 is 1.42 bits per heavy atom. The molecule has 118 valence electrons. The average Bonchev–Trinajstić information content (AvgIpc) is 3.21. The van der Waals surface area contributed by atoms with Crippen LogP contribution < -0.4 is 0 Å². The van der Waals surface area contributed by atoms with Crippen molar-refractivity contribution in [2.75, 3.05) is 19.8 Å². The van der Waals surface area contributed by atoms with Gasteiger partial charge in [0.15, 0.2) is 5.65 Å². The molecule has 0 spiro atoms. The molecule has 0 atom stereocenters. The number of hydrogen-bond donors (Lipinski definition) is 1. The molecule has 3 aromatic rings. The first kappa shape index (κ1) is 14.4. The van der Waals surface area contributed by atoms with Gasteiger partial charge in [-0.3, -0.25) is 9.53 Å². The Morgan fingerprint density at radius 3 is 3.08 bits per heavy atom. The lowest BCUT2D eigenvalue weighted by atomic mass is 9.87. The van der Waals surface area contributed by atoms with E-state index in [2.05, 4.69) is 31.2 Å². The highest BCUT2D eigenvalue weighted by molar-refractivity contribution is 5.91. The molecule has 1 N–H and O–H groups in total. The molecule has 0 saturated carbocycles. The molecule has 8 heteroatoms. The highest BCUT2D eigenvalue weighted by Crippen LogP contribution is 2.34. The highest BCUT2D eigenvalue weighted by atomic mass is 15.4. The maximum Gasteiger partial charge on any atom is 0.270 e. The summed E-state index contributed by atoms with van der Waals surface area (Å²) in [6.07, 6.45) is 7.67. The summed E-state index contributed by atoms with van der Waals surface area (Å²) in [6.45, 7) is 8.65. The van der Waals surface area contributed by atoms with E-state index in [9.17, 15) is 5.26 Å². The summed E-state index contributed by atoms with van der Waals surface area (Å²) in [5.41, 5.74) is 2.28. The van der Waals surface area contributed by atoms with Crippen molar-refractivity contribution in [1.82, 2.24) is 29.9 Å². The van der Waals surface area contributed by atoms with Crippen molar-refractivity contribution in [3.63, 3.8) is 0 Å². The zero-order valence-corrected chi connectivity index (χ0v) is 12.8. The second kappa shape index (κ2) is 5.44. The maximum atomic E-state index is 9.19. The van der Waals surface area contributed by atoms with Crippen LogP contribution in [0, 0.1) is 17.9 Å². The van der Waals surface area contributed by atoms with Crippen LogP contribution in [0.1, 0.15) is 6.42 Å². The van der Waals surface area contributed by atoms with Gasteiger partial charge in [-0.1, -0.05) is 0 Å². The number of fused-ring (bicyclic) bond motifs is 1. The molecule has 1 fully saturated rings. The molecule has 0 unspecified atom stereocenters. The van der Waals surface area contributed by atoms with Gasteiger partial charge in [0.1, 0.15) is 5.54 Å². The van der Waals surface area contributed by atoms with Gasteiger partial charge in [-0.25, -0.2) is 11.5 Å². The third-order valence-electron chi connectivity index (χ3n) is 4.45. The molecule has 24 heavy (non-hydrogen) atoms. The molecule has 0 aliphatic carbocycles. The molecule has 4 rings (SSSR count). The smallest absolute Gasteiger partial charge is 0.270 e. The van der Waals surface area contributed by atoms with E-state index < -0.39 is 0 Å². The SMILES string of the molecule is [C-]#[N+]CN1CC(CC#N)(n2cc(-c3cnnc4[nH]ccc34)cn2)C1. The van der Waals surface area contributed by atoms with Gasteiger partial charge in [-0.15, -0.1) is 5.10 Å². The van der Waals surface area contributed by atoms with Gasteiger partial charge in [0.05, 0.1) is 24.9 Å². The van der Waals surface area contributed by atoms with Crippen LogP contribution in [0.5, 0.6) is 0 Å². The lowest BCUT2D eigenvalue weighted by Gasteiger charge is -2.46. The van der Waals surface area contributed by atoms with Crippen molar-refractivity contribution in [1.29, 1.82) is 5.26 Å². The van der Waals surface area contributed by atoms with Gasteiger partial charge in [0, 0.05) is 42.0 Å². The number of aromatic amines is 1. The monoisotopic (exact) mass is 318 g/mol. The average molecular weight is 318 g/mol. The predicted molar refractivity (Wildman–Crippen MR) is 86.4 cm³/mol. The zero-order valence-electron chi connectivity index (χ0n) is 12.8. The van der Waals surface area contributed by atoms with Crippen molar-refractivity contribution in [3.8, 4) is 17.2 Å². The van der Waals surface area contributed by atoms with E-state index in [1.54, 1.807) is 12.4 Å². The second-order valence-corrected chi connectivity index (χ2v) is 6.02. The molecule has 0 bridgehead atoms.